The maximum Gasteiger partial charge on any atom is 0.433 e. The van der Waals surface area contributed by atoms with Crippen LogP contribution >= 0.6 is 11.8 Å². The lowest BCUT2D eigenvalue weighted by Crippen LogP contribution is -2.49. The van der Waals surface area contributed by atoms with Gasteiger partial charge in [0, 0.05) is 11.8 Å². The second kappa shape index (κ2) is 10.4. The Labute approximate surface area is 211 Å². The van der Waals surface area contributed by atoms with Gasteiger partial charge in [-0.3, -0.25) is 19.8 Å². The minimum Gasteiger partial charge on any atom is -0.490 e. The van der Waals surface area contributed by atoms with Crippen molar-refractivity contribution in [2.24, 2.45) is 0 Å². The molecule has 1 aromatic heterocycles. The number of fused-ring (bicyclic) bond motifs is 1. The lowest BCUT2D eigenvalue weighted by Gasteiger charge is -2.39. The zero-order valence-corrected chi connectivity index (χ0v) is 20.9. The molecule has 0 bridgehead atoms. The molecule has 11 nitrogen and oxygen atoms in total. The molecule has 0 aliphatic carbocycles. The molecule has 12 heteroatoms. The molecule has 2 aliphatic heterocycles. The summed E-state index contributed by atoms with van der Waals surface area (Å²) in [5, 5.41) is 14.2. The summed E-state index contributed by atoms with van der Waals surface area (Å²) in [7, 11) is 1.28. The first-order valence-electron chi connectivity index (χ1n) is 11.2. The number of benzene rings is 1. The largest absolute Gasteiger partial charge is 0.490 e. The zero-order chi connectivity index (χ0) is 26.0. The fourth-order valence-corrected chi connectivity index (χ4v) is 5.30. The van der Waals surface area contributed by atoms with Gasteiger partial charge in [-0.1, -0.05) is 17.8 Å². The number of rotatable bonds is 8. The zero-order valence-electron chi connectivity index (χ0n) is 20.1. The summed E-state index contributed by atoms with van der Waals surface area (Å²) >= 11 is 1.22. The molecule has 2 aliphatic rings. The summed E-state index contributed by atoms with van der Waals surface area (Å²) in [4.78, 5) is 38.6. The summed E-state index contributed by atoms with van der Waals surface area (Å²) in [6, 6.07) is 7.15. The van der Waals surface area contributed by atoms with E-state index in [9.17, 15) is 19.7 Å². The third-order valence-corrected chi connectivity index (χ3v) is 6.70. The van der Waals surface area contributed by atoms with E-state index in [-0.39, 0.29) is 17.2 Å². The monoisotopic (exact) mass is 515 g/mol. The molecule has 1 aromatic carbocycles. The molecule has 2 atom stereocenters. The van der Waals surface area contributed by atoms with Crippen molar-refractivity contribution in [1.29, 1.82) is 0 Å². The molecule has 2 aromatic rings. The Balaban J connectivity index is 1.79. The van der Waals surface area contributed by atoms with Gasteiger partial charge >= 0.3 is 11.9 Å². The minimum absolute atomic E-state index is 0.173. The van der Waals surface area contributed by atoms with E-state index < -0.39 is 28.3 Å². The Morgan fingerprint density at radius 2 is 1.94 bits per heavy atom. The molecule has 190 valence electrons. The van der Waals surface area contributed by atoms with Crippen LogP contribution in [-0.2, 0) is 14.3 Å². The summed E-state index contributed by atoms with van der Waals surface area (Å²) in [6.45, 7) is 6.31. The van der Waals surface area contributed by atoms with E-state index in [1.54, 1.807) is 30.0 Å². The molecule has 0 radical (unpaired) electrons. The van der Waals surface area contributed by atoms with E-state index in [0.29, 0.717) is 40.9 Å². The number of methoxy groups -OCH3 is 1. The highest BCUT2D eigenvalue weighted by Crippen LogP contribution is 2.47. The highest BCUT2D eigenvalue weighted by molar-refractivity contribution is 8.05. The van der Waals surface area contributed by atoms with Crippen molar-refractivity contribution in [3.8, 4) is 11.5 Å². The average molecular weight is 516 g/mol. The van der Waals surface area contributed by atoms with Crippen molar-refractivity contribution in [1.82, 2.24) is 10.2 Å². The number of carbonyl (C=O) groups is 2. The molecule has 0 spiro atoms. The van der Waals surface area contributed by atoms with Gasteiger partial charge in [0.15, 0.2) is 17.0 Å². The molecule has 1 N–H and O–H groups in total. The van der Waals surface area contributed by atoms with Crippen LogP contribution in [0, 0.1) is 10.1 Å². The first kappa shape index (κ1) is 25.2. The van der Waals surface area contributed by atoms with Crippen LogP contribution in [-0.4, -0.2) is 47.5 Å². The smallest absolute Gasteiger partial charge is 0.433 e. The van der Waals surface area contributed by atoms with Gasteiger partial charge in [0.05, 0.1) is 42.9 Å². The Morgan fingerprint density at radius 3 is 2.58 bits per heavy atom. The van der Waals surface area contributed by atoms with Crippen LogP contribution in [0.3, 0.4) is 0 Å². The van der Waals surface area contributed by atoms with Crippen molar-refractivity contribution in [3.05, 3.63) is 67.9 Å². The normalized spacial score (nSPS) is 20.3. The van der Waals surface area contributed by atoms with Gasteiger partial charge in [-0.25, -0.2) is 4.79 Å². The van der Waals surface area contributed by atoms with Gasteiger partial charge < -0.3 is 23.9 Å². The van der Waals surface area contributed by atoms with Crippen LogP contribution in [0.25, 0.3) is 6.08 Å². The number of allylic oxidation sites excluding steroid dienone is 1. The molecule has 36 heavy (non-hydrogen) atoms. The number of amides is 1. The van der Waals surface area contributed by atoms with Crippen molar-refractivity contribution < 1.29 is 33.1 Å². The molecule has 3 heterocycles. The average Bonchev–Trinajstić information content (AvgIpc) is 3.44. The number of hydrogen-bond donors (Lipinski definition) is 1. The van der Waals surface area contributed by atoms with Crippen molar-refractivity contribution in [2.75, 3.05) is 20.3 Å². The third-order valence-electron chi connectivity index (χ3n) is 5.59. The van der Waals surface area contributed by atoms with Gasteiger partial charge in [0.25, 0.3) is 5.91 Å². The molecule has 1 saturated heterocycles. The molecule has 0 saturated carbocycles. The highest BCUT2D eigenvalue weighted by Gasteiger charge is 2.48. The molecule has 2 unspecified atom stereocenters. The van der Waals surface area contributed by atoms with Crippen molar-refractivity contribution >= 4 is 35.6 Å². The lowest BCUT2D eigenvalue weighted by molar-refractivity contribution is -0.402. The minimum atomic E-state index is -0.782. The van der Waals surface area contributed by atoms with Gasteiger partial charge in [-0.15, -0.1) is 0 Å². The Hall–Kier alpha value is -3.93. The molecule has 1 fully saturated rings. The van der Waals surface area contributed by atoms with E-state index in [4.69, 9.17) is 18.6 Å². The van der Waals surface area contributed by atoms with E-state index >= 15 is 0 Å². The quantitative estimate of drug-likeness (QED) is 0.238. The molecule has 1 amide bonds. The topological polar surface area (TPSA) is 133 Å². The Kier molecular flexibility index (Phi) is 7.25. The van der Waals surface area contributed by atoms with Gasteiger partial charge in [-0.05, 0) is 44.5 Å². The summed E-state index contributed by atoms with van der Waals surface area (Å²) in [5.41, 5.74) is 0.950. The fourth-order valence-electron chi connectivity index (χ4n) is 4.10. The van der Waals surface area contributed by atoms with Gasteiger partial charge in [0.2, 0.25) is 0 Å². The number of thioether (sulfide) groups is 1. The molecular weight excluding hydrogens is 490 g/mol. The number of nitrogens with one attached hydrogen (secondary N) is 1. The third kappa shape index (κ3) is 4.63. The number of carbonyl (C=O) groups excluding carboxylic acids is 2. The number of furan rings is 1. The number of hydrogen-bond acceptors (Lipinski definition) is 10. The number of esters is 1. The number of nitrogens with zero attached hydrogens (tertiary/aromatic N) is 2. The van der Waals surface area contributed by atoms with Crippen LogP contribution in [0.5, 0.6) is 11.5 Å². The summed E-state index contributed by atoms with van der Waals surface area (Å²) in [5.74, 6) is -0.154. The van der Waals surface area contributed by atoms with Crippen LogP contribution < -0.4 is 14.8 Å². The van der Waals surface area contributed by atoms with Crippen LogP contribution in [0.2, 0.25) is 0 Å². The first-order chi connectivity index (χ1) is 17.3. The lowest BCUT2D eigenvalue weighted by atomic mass is 9.93. The van der Waals surface area contributed by atoms with E-state index in [2.05, 4.69) is 5.32 Å². The predicted octanol–water partition coefficient (Wildman–Crippen LogP) is 3.98. The standard InChI is InChI=1S/C24H25N3O8S/c1-5-33-16-9-7-14(11-17(16)34-6-2)21-20(23(29)32-4)13(3)25-24-26(21)22(28)18(36-24)12-15-8-10-19(35-15)27(30)31/h7-12,21,24-25H,5-6H2,1-4H3. The SMILES string of the molecule is CCOc1ccc(C2C(C(=O)OC)=C(C)NC3SC(=Cc4ccc([N+](=O)[O-])o4)C(=O)N32)cc1OCC. The fraction of sp³-hybridized carbons (Fsp3) is 0.333. The van der Waals surface area contributed by atoms with Crippen LogP contribution in [0.1, 0.15) is 38.1 Å². The highest BCUT2D eigenvalue weighted by atomic mass is 32.2. The molecule has 4 rings (SSSR count). The van der Waals surface area contributed by atoms with Gasteiger partial charge in [0.1, 0.15) is 10.7 Å². The second-order valence-corrected chi connectivity index (χ2v) is 8.90. The van der Waals surface area contributed by atoms with Crippen molar-refractivity contribution in [3.63, 3.8) is 0 Å². The Morgan fingerprint density at radius 1 is 1.22 bits per heavy atom. The second-order valence-electron chi connectivity index (χ2n) is 7.77. The van der Waals surface area contributed by atoms with Gasteiger partial charge in [-0.2, -0.15) is 0 Å². The summed E-state index contributed by atoms with van der Waals surface area (Å²) < 4.78 is 21.7. The summed E-state index contributed by atoms with van der Waals surface area (Å²) in [6.07, 6.45) is 1.45. The Bertz CT molecular complexity index is 1270. The predicted molar refractivity (Wildman–Crippen MR) is 131 cm³/mol. The van der Waals surface area contributed by atoms with Crippen LogP contribution in [0.4, 0.5) is 5.88 Å². The maximum atomic E-state index is 13.6. The van der Waals surface area contributed by atoms with E-state index in [1.807, 2.05) is 13.8 Å². The van der Waals surface area contributed by atoms with E-state index in [1.165, 1.54) is 37.1 Å². The molecular formula is C24H25N3O8S. The first-order valence-corrected chi connectivity index (χ1v) is 12.1. The van der Waals surface area contributed by atoms with Crippen LogP contribution in [0.15, 0.2) is 50.9 Å². The number of ether oxygens (including phenoxy) is 3. The van der Waals surface area contributed by atoms with E-state index in [0.717, 1.165) is 0 Å². The number of nitro groups is 1. The van der Waals surface area contributed by atoms with Crippen molar-refractivity contribution in [2.45, 2.75) is 32.3 Å². The maximum absolute atomic E-state index is 13.6.